The molecule has 0 unspecified atom stereocenters. The van der Waals surface area contributed by atoms with Crippen LogP contribution in [-0.4, -0.2) is 47.6 Å². The summed E-state index contributed by atoms with van der Waals surface area (Å²) in [6, 6.07) is 11.5. The number of thioether (sulfide) groups is 1. The molecule has 148 valence electrons. The number of piperidine rings is 1. The van der Waals surface area contributed by atoms with Gasteiger partial charge in [-0.05, 0) is 67.9 Å². The van der Waals surface area contributed by atoms with E-state index in [1.54, 1.807) is 6.07 Å². The number of anilines is 1. The van der Waals surface area contributed by atoms with Crippen LogP contribution in [0.5, 0.6) is 0 Å². The number of nitrogens with one attached hydrogen (secondary N) is 2. The Hall–Kier alpha value is -2.38. The highest BCUT2D eigenvalue weighted by molar-refractivity contribution is 7.98. The second-order valence-electron chi connectivity index (χ2n) is 6.94. The van der Waals surface area contributed by atoms with Crippen molar-refractivity contribution in [2.75, 3.05) is 31.2 Å². The van der Waals surface area contributed by atoms with Crippen LogP contribution in [0.25, 0.3) is 0 Å². The summed E-state index contributed by atoms with van der Waals surface area (Å²) in [5.74, 6) is -0.782. The molecule has 7 heteroatoms. The third kappa shape index (κ3) is 5.81. The molecule has 1 fully saturated rings. The fourth-order valence-corrected chi connectivity index (χ4v) is 3.89. The van der Waals surface area contributed by atoms with Crippen molar-refractivity contribution >= 4 is 29.3 Å². The Balaban J connectivity index is 1.40. The SMILES string of the molecule is CSc1ccccc1NC(=O)C(=O)NCC1CCN(Cc2ccncc2)CC1. The molecule has 28 heavy (non-hydrogen) atoms. The van der Waals surface area contributed by atoms with Crippen molar-refractivity contribution in [3.63, 3.8) is 0 Å². The maximum Gasteiger partial charge on any atom is 0.313 e. The lowest BCUT2D eigenvalue weighted by atomic mass is 9.96. The lowest BCUT2D eigenvalue weighted by Crippen LogP contribution is -2.41. The number of carbonyl (C=O) groups excluding carboxylic acids is 2. The average molecular weight is 399 g/mol. The Kier molecular flexibility index (Phi) is 7.45. The number of hydrogen-bond donors (Lipinski definition) is 2. The maximum atomic E-state index is 12.2. The van der Waals surface area contributed by atoms with Crippen LogP contribution >= 0.6 is 11.8 Å². The van der Waals surface area contributed by atoms with Gasteiger partial charge in [0.2, 0.25) is 0 Å². The minimum atomic E-state index is -0.614. The lowest BCUT2D eigenvalue weighted by molar-refractivity contribution is -0.136. The molecule has 2 aromatic rings. The summed E-state index contributed by atoms with van der Waals surface area (Å²) in [4.78, 5) is 31.7. The van der Waals surface area contributed by atoms with Crippen LogP contribution < -0.4 is 10.6 Å². The van der Waals surface area contributed by atoms with E-state index in [1.807, 2.05) is 49.0 Å². The zero-order valence-corrected chi connectivity index (χ0v) is 16.9. The van der Waals surface area contributed by atoms with Gasteiger partial charge >= 0.3 is 11.8 Å². The number of amides is 2. The van der Waals surface area contributed by atoms with Gasteiger partial charge in [-0.3, -0.25) is 19.5 Å². The Morgan fingerprint density at radius 2 is 1.82 bits per heavy atom. The summed E-state index contributed by atoms with van der Waals surface area (Å²) < 4.78 is 0. The fourth-order valence-electron chi connectivity index (χ4n) is 3.34. The zero-order chi connectivity index (χ0) is 19.8. The number of hydrogen-bond acceptors (Lipinski definition) is 5. The summed E-state index contributed by atoms with van der Waals surface area (Å²) >= 11 is 1.53. The first-order valence-corrected chi connectivity index (χ1v) is 10.7. The predicted octanol–water partition coefficient (Wildman–Crippen LogP) is 2.77. The van der Waals surface area contributed by atoms with Gasteiger partial charge < -0.3 is 10.6 Å². The van der Waals surface area contributed by atoms with Crippen LogP contribution in [-0.2, 0) is 16.1 Å². The topological polar surface area (TPSA) is 74.3 Å². The van der Waals surface area contributed by atoms with Crippen LogP contribution in [0, 0.1) is 5.92 Å². The van der Waals surface area contributed by atoms with E-state index >= 15 is 0 Å². The summed E-state index contributed by atoms with van der Waals surface area (Å²) in [5.41, 5.74) is 1.93. The highest BCUT2D eigenvalue weighted by atomic mass is 32.2. The molecule has 0 saturated carbocycles. The fraction of sp³-hybridized carbons (Fsp3) is 0.381. The number of aromatic nitrogens is 1. The molecule has 1 saturated heterocycles. The van der Waals surface area contributed by atoms with Crippen LogP contribution in [0.1, 0.15) is 18.4 Å². The van der Waals surface area contributed by atoms with Crippen molar-refractivity contribution in [2.24, 2.45) is 5.92 Å². The minimum Gasteiger partial charge on any atom is -0.348 e. The second kappa shape index (κ2) is 10.2. The molecule has 1 aromatic heterocycles. The number of rotatable bonds is 6. The Bertz CT molecular complexity index is 792. The van der Waals surface area contributed by atoms with Crippen LogP contribution in [0.4, 0.5) is 5.69 Å². The highest BCUT2D eigenvalue weighted by Crippen LogP contribution is 2.24. The van der Waals surface area contributed by atoms with Crippen molar-refractivity contribution in [1.29, 1.82) is 0 Å². The molecule has 0 bridgehead atoms. The van der Waals surface area contributed by atoms with Crippen molar-refractivity contribution in [1.82, 2.24) is 15.2 Å². The molecule has 0 atom stereocenters. The molecule has 2 heterocycles. The van der Waals surface area contributed by atoms with Crippen LogP contribution in [0.3, 0.4) is 0 Å². The Morgan fingerprint density at radius 1 is 1.11 bits per heavy atom. The Labute approximate surface area is 170 Å². The van der Waals surface area contributed by atoms with E-state index in [0.29, 0.717) is 18.2 Å². The van der Waals surface area contributed by atoms with Gasteiger partial charge in [-0.15, -0.1) is 11.8 Å². The molecule has 0 spiro atoms. The van der Waals surface area contributed by atoms with E-state index in [1.165, 1.54) is 17.3 Å². The predicted molar refractivity (Wildman–Crippen MR) is 112 cm³/mol. The van der Waals surface area contributed by atoms with E-state index in [-0.39, 0.29) is 0 Å². The van der Waals surface area contributed by atoms with Crippen LogP contribution in [0.15, 0.2) is 53.7 Å². The van der Waals surface area contributed by atoms with Crippen molar-refractivity contribution in [3.8, 4) is 0 Å². The standard InChI is InChI=1S/C21H26N4O2S/c1-28-19-5-3-2-4-18(19)24-21(27)20(26)23-14-16-8-12-25(13-9-16)15-17-6-10-22-11-7-17/h2-7,10-11,16H,8-9,12-15H2,1H3,(H,23,26)(H,24,27). The lowest BCUT2D eigenvalue weighted by Gasteiger charge is -2.32. The van der Waals surface area contributed by atoms with E-state index < -0.39 is 11.8 Å². The van der Waals surface area contributed by atoms with Gasteiger partial charge in [0.1, 0.15) is 0 Å². The summed E-state index contributed by atoms with van der Waals surface area (Å²) in [5, 5.41) is 5.49. The smallest absolute Gasteiger partial charge is 0.313 e. The van der Waals surface area contributed by atoms with E-state index in [0.717, 1.165) is 37.4 Å². The summed E-state index contributed by atoms with van der Waals surface area (Å²) in [6.45, 7) is 3.46. The molecule has 0 radical (unpaired) electrons. The second-order valence-corrected chi connectivity index (χ2v) is 7.79. The van der Waals surface area contributed by atoms with Crippen molar-refractivity contribution in [2.45, 2.75) is 24.3 Å². The monoisotopic (exact) mass is 398 g/mol. The minimum absolute atomic E-state index is 0.406. The number of likely N-dealkylation sites (tertiary alicyclic amines) is 1. The number of benzene rings is 1. The van der Waals surface area contributed by atoms with Gasteiger partial charge in [-0.2, -0.15) is 0 Å². The molecule has 0 aliphatic carbocycles. The van der Waals surface area contributed by atoms with E-state index in [4.69, 9.17) is 0 Å². The van der Waals surface area contributed by atoms with Crippen LogP contribution in [0.2, 0.25) is 0 Å². The Morgan fingerprint density at radius 3 is 2.54 bits per heavy atom. The van der Waals surface area contributed by atoms with E-state index in [2.05, 4.69) is 20.5 Å². The molecular formula is C21H26N4O2S. The number of para-hydroxylation sites is 1. The third-order valence-electron chi connectivity index (χ3n) is 4.98. The van der Waals surface area contributed by atoms with Gasteiger partial charge in [-0.1, -0.05) is 12.1 Å². The molecule has 1 aliphatic heterocycles. The number of pyridine rings is 1. The summed E-state index contributed by atoms with van der Waals surface area (Å²) in [7, 11) is 0. The quantitative estimate of drug-likeness (QED) is 0.578. The molecular weight excluding hydrogens is 372 g/mol. The maximum absolute atomic E-state index is 12.2. The van der Waals surface area contributed by atoms with Crippen molar-refractivity contribution < 1.29 is 9.59 Å². The van der Waals surface area contributed by atoms with Gasteiger partial charge in [0, 0.05) is 30.4 Å². The normalized spacial score (nSPS) is 15.2. The summed E-state index contributed by atoms with van der Waals surface area (Å²) in [6.07, 6.45) is 7.61. The van der Waals surface area contributed by atoms with Gasteiger partial charge in [-0.25, -0.2) is 0 Å². The van der Waals surface area contributed by atoms with Gasteiger partial charge in [0.05, 0.1) is 5.69 Å². The van der Waals surface area contributed by atoms with E-state index in [9.17, 15) is 9.59 Å². The number of carbonyl (C=O) groups is 2. The molecule has 2 amide bonds. The van der Waals surface area contributed by atoms with Gasteiger partial charge in [0.15, 0.2) is 0 Å². The zero-order valence-electron chi connectivity index (χ0n) is 16.1. The first-order chi connectivity index (χ1) is 13.7. The largest absolute Gasteiger partial charge is 0.348 e. The average Bonchev–Trinajstić information content (AvgIpc) is 2.74. The van der Waals surface area contributed by atoms with Gasteiger partial charge in [0.25, 0.3) is 0 Å². The molecule has 1 aromatic carbocycles. The molecule has 2 N–H and O–H groups in total. The number of nitrogens with zero attached hydrogens (tertiary/aromatic N) is 2. The molecule has 6 nitrogen and oxygen atoms in total. The molecule has 3 rings (SSSR count). The third-order valence-corrected chi connectivity index (χ3v) is 5.77. The first-order valence-electron chi connectivity index (χ1n) is 9.49. The highest BCUT2D eigenvalue weighted by Gasteiger charge is 2.21. The van der Waals surface area contributed by atoms with Crippen molar-refractivity contribution in [3.05, 3.63) is 54.4 Å². The molecule has 1 aliphatic rings. The first kappa shape index (κ1) is 20.4.